The molecular weight excluding hydrogens is 427 g/mol. The Morgan fingerprint density at radius 2 is 2.12 bits per heavy atom. The molecule has 0 saturated carbocycles. The van der Waals surface area contributed by atoms with Gasteiger partial charge in [-0.2, -0.15) is 4.98 Å². The van der Waals surface area contributed by atoms with Gasteiger partial charge in [0.15, 0.2) is 0 Å². The summed E-state index contributed by atoms with van der Waals surface area (Å²) in [5.41, 5.74) is 2.23. The summed E-state index contributed by atoms with van der Waals surface area (Å²) in [4.78, 5) is 20.0. The zero-order chi connectivity index (χ0) is 22.9. The first-order valence-corrected chi connectivity index (χ1v) is 10.8. The van der Waals surface area contributed by atoms with Crippen molar-refractivity contribution in [3.8, 4) is 23.1 Å². The topological polar surface area (TPSA) is 79.8 Å². The number of halogens is 1. The lowest BCUT2D eigenvalue weighted by Crippen LogP contribution is -2.09. The second-order valence-electron chi connectivity index (χ2n) is 8.11. The molecule has 0 bridgehead atoms. The number of hydrogen-bond donors (Lipinski definition) is 0. The Hall–Kier alpha value is -3.68. The van der Waals surface area contributed by atoms with E-state index in [0.717, 1.165) is 11.1 Å². The Morgan fingerprint density at radius 3 is 2.94 bits per heavy atom. The zero-order valence-electron chi connectivity index (χ0n) is 18.3. The number of methoxy groups -OCH3 is 1. The summed E-state index contributed by atoms with van der Waals surface area (Å²) in [6.45, 7) is 2.20. The molecule has 0 saturated heterocycles. The Bertz CT molecular complexity index is 1220. The zero-order valence-corrected chi connectivity index (χ0v) is 18.3. The first-order chi connectivity index (χ1) is 16.0. The van der Waals surface area contributed by atoms with E-state index in [0.29, 0.717) is 54.0 Å². The normalized spacial score (nSPS) is 18.3. The number of benzene rings is 2. The van der Waals surface area contributed by atoms with Gasteiger partial charge in [0.25, 0.3) is 0 Å². The third kappa shape index (κ3) is 4.20. The first-order valence-electron chi connectivity index (χ1n) is 10.8. The maximum absolute atomic E-state index is 14.8. The number of hydrogen-bond acceptors (Lipinski definition) is 7. The molecule has 2 atom stereocenters. The molecule has 2 heterocycles. The van der Waals surface area contributed by atoms with Gasteiger partial charge in [-0.3, -0.25) is 4.79 Å². The van der Waals surface area contributed by atoms with Gasteiger partial charge >= 0.3 is 5.97 Å². The van der Waals surface area contributed by atoms with E-state index in [1.165, 1.54) is 13.2 Å². The third-order valence-electron chi connectivity index (χ3n) is 5.99. The van der Waals surface area contributed by atoms with Crippen LogP contribution in [0, 0.1) is 12.7 Å². The lowest BCUT2D eigenvalue weighted by molar-refractivity contribution is -0.141. The predicted molar refractivity (Wildman–Crippen MR) is 116 cm³/mol. The molecule has 8 heteroatoms. The number of aromatic nitrogens is 2. The van der Waals surface area contributed by atoms with Crippen molar-refractivity contribution in [3.63, 3.8) is 0 Å². The molecule has 0 amide bonds. The van der Waals surface area contributed by atoms with Crippen molar-refractivity contribution in [3.05, 3.63) is 70.9 Å². The summed E-state index contributed by atoms with van der Waals surface area (Å²) in [5, 5.41) is 0. The second-order valence-corrected chi connectivity index (χ2v) is 8.11. The van der Waals surface area contributed by atoms with E-state index >= 15 is 0 Å². The molecule has 1 aromatic heterocycles. The molecule has 1 aliphatic carbocycles. The predicted octanol–water partition coefficient (Wildman–Crippen LogP) is 4.82. The van der Waals surface area contributed by atoms with Gasteiger partial charge in [0.05, 0.1) is 20.1 Å². The maximum atomic E-state index is 14.8. The van der Waals surface area contributed by atoms with E-state index in [2.05, 4.69) is 9.97 Å². The standard InChI is InChI=1S/C25H23FN2O5/c1-14-27-10-9-23(28-14)33-20-8-6-19(26)25-18(20)5-7-21(25)32-16-3-4-17-15(11-24(29)30-2)13-31-22(17)12-16/h3-4,6,8-10,12,15,21H,5,7,11,13H2,1-2H3/t15-,21-/m1/s1. The van der Waals surface area contributed by atoms with Crippen LogP contribution in [0.4, 0.5) is 4.39 Å². The fourth-order valence-corrected chi connectivity index (χ4v) is 4.41. The van der Waals surface area contributed by atoms with Crippen LogP contribution in [0.1, 0.15) is 47.4 Å². The van der Waals surface area contributed by atoms with Gasteiger partial charge in [0.1, 0.15) is 35.0 Å². The van der Waals surface area contributed by atoms with Gasteiger partial charge in [-0.15, -0.1) is 0 Å². The molecule has 2 aromatic carbocycles. The summed E-state index contributed by atoms with van der Waals surface area (Å²) in [6, 6.07) is 10.2. The number of ether oxygens (including phenoxy) is 4. The summed E-state index contributed by atoms with van der Waals surface area (Å²) in [6.07, 6.45) is 2.69. The van der Waals surface area contributed by atoms with Crippen LogP contribution in [0.3, 0.4) is 0 Å². The van der Waals surface area contributed by atoms with Crippen LogP contribution in [-0.4, -0.2) is 29.7 Å². The molecule has 170 valence electrons. The maximum Gasteiger partial charge on any atom is 0.306 e. The van der Waals surface area contributed by atoms with E-state index in [-0.39, 0.29) is 24.1 Å². The molecule has 0 radical (unpaired) electrons. The minimum absolute atomic E-state index is 0.0451. The smallest absolute Gasteiger partial charge is 0.306 e. The van der Waals surface area contributed by atoms with Crippen LogP contribution in [0.25, 0.3) is 0 Å². The minimum Gasteiger partial charge on any atom is -0.492 e. The van der Waals surface area contributed by atoms with Crippen LogP contribution in [0.15, 0.2) is 42.6 Å². The molecule has 2 aliphatic rings. The van der Waals surface area contributed by atoms with Gasteiger partial charge in [0.2, 0.25) is 5.88 Å². The average molecular weight is 450 g/mol. The van der Waals surface area contributed by atoms with E-state index in [9.17, 15) is 9.18 Å². The van der Waals surface area contributed by atoms with Crippen molar-refractivity contribution >= 4 is 5.97 Å². The van der Waals surface area contributed by atoms with Crippen LogP contribution in [0.2, 0.25) is 0 Å². The fraction of sp³-hybridized carbons (Fsp3) is 0.320. The van der Waals surface area contributed by atoms with Gasteiger partial charge in [-0.25, -0.2) is 9.37 Å². The van der Waals surface area contributed by atoms with E-state index < -0.39 is 6.10 Å². The van der Waals surface area contributed by atoms with Gasteiger partial charge in [-0.1, -0.05) is 6.07 Å². The molecule has 3 aromatic rings. The van der Waals surface area contributed by atoms with Crippen molar-refractivity contribution in [1.82, 2.24) is 9.97 Å². The molecule has 0 fully saturated rings. The summed E-state index contributed by atoms with van der Waals surface area (Å²) in [7, 11) is 1.37. The molecule has 0 spiro atoms. The summed E-state index contributed by atoms with van der Waals surface area (Å²) in [5.74, 6) is 2.20. The number of carbonyl (C=O) groups is 1. The van der Waals surface area contributed by atoms with Crippen LogP contribution in [0.5, 0.6) is 23.1 Å². The summed E-state index contributed by atoms with van der Waals surface area (Å²) < 4.78 is 37.5. The molecule has 0 N–H and O–H groups in total. The van der Waals surface area contributed by atoms with Gasteiger partial charge in [0, 0.05) is 40.9 Å². The van der Waals surface area contributed by atoms with Crippen LogP contribution >= 0.6 is 0 Å². The number of nitrogens with zero attached hydrogens (tertiary/aromatic N) is 2. The number of aryl methyl sites for hydroxylation is 1. The highest BCUT2D eigenvalue weighted by Crippen LogP contribution is 2.44. The number of carbonyl (C=O) groups excluding carboxylic acids is 1. The molecule has 7 nitrogen and oxygen atoms in total. The van der Waals surface area contributed by atoms with Gasteiger partial charge in [-0.05, 0) is 38.0 Å². The highest BCUT2D eigenvalue weighted by molar-refractivity contribution is 5.71. The van der Waals surface area contributed by atoms with Crippen LogP contribution < -0.4 is 14.2 Å². The largest absolute Gasteiger partial charge is 0.492 e. The Morgan fingerprint density at radius 1 is 1.24 bits per heavy atom. The lowest BCUT2D eigenvalue weighted by Gasteiger charge is -2.17. The third-order valence-corrected chi connectivity index (χ3v) is 5.99. The van der Waals surface area contributed by atoms with Gasteiger partial charge < -0.3 is 18.9 Å². The van der Waals surface area contributed by atoms with Crippen molar-refractivity contribution < 1.29 is 28.1 Å². The highest BCUT2D eigenvalue weighted by atomic mass is 19.1. The van der Waals surface area contributed by atoms with Crippen molar-refractivity contribution in [2.45, 2.75) is 38.2 Å². The monoisotopic (exact) mass is 450 g/mol. The number of rotatable bonds is 6. The number of esters is 1. The lowest BCUT2D eigenvalue weighted by atomic mass is 9.98. The molecule has 1 aliphatic heterocycles. The molecular formula is C25H23FN2O5. The Labute approximate surface area is 190 Å². The van der Waals surface area contributed by atoms with Crippen LogP contribution in [-0.2, 0) is 16.0 Å². The van der Waals surface area contributed by atoms with E-state index in [1.807, 2.05) is 12.1 Å². The number of fused-ring (bicyclic) bond motifs is 2. The van der Waals surface area contributed by atoms with E-state index in [4.69, 9.17) is 18.9 Å². The summed E-state index contributed by atoms with van der Waals surface area (Å²) >= 11 is 0. The fourth-order valence-electron chi connectivity index (χ4n) is 4.41. The molecule has 0 unspecified atom stereocenters. The molecule has 5 rings (SSSR count). The Balaban J connectivity index is 1.36. The SMILES string of the molecule is COC(=O)C[C@@H]1COc2cc(O[C@@H]3CCc4c(Oc5ccnc(C)n5)ccc(F)c43)ccc21. The Kier molecular flexibility index (Phi) is 5.58. The highest BCUT2D eigenvalue weighted by Gasteiger charge is 2.32. The van der Waals surface area contributed by atoms with Crippen molar-refractivity contribution in [1.29, 1.82) is 0 Å². The first kappa shape index (κ1) is 21.2. The molecule has 33 heavy (non-hydrogen) atoms. The average Bonchev–Trinajstić information content (AvgIpc) is 3.40. The van der Waals surface area contributed by atoms with E-state index in [1.54, 1.807) is 31.3 Å². The second kappa shape index (κ2) is 8.69. The van der Waals surface area contributed by atoms with Crippen molar-refractivity contribution in [2.75, 3.05) is 13.7 Å². The van der Waals surface area contributed by atoms with Crippen molar-refractivity contribution in [2.24, 2.45) is 0 Å². The quantitative estimate of drug-likeness (QED) is 0.498. The minimum atomic E-state index is -0.444.